The fourth-order valence-electron chi connectivity index (χ4n) is 3.12. The Morgan fingerprint density at radius 3 is 2.24 bits per heavy atom. The van der Waals surface area contributed by atoms with Gasteiger partial charge in [-0.25, -0.2) is 21.2 Å². The molecular formula is C23H17ClFNO5S2. The van der Waals surface area contributed by atoms with Crippen molar-refractivity contribution in [3.63, 3.8) is 0 Å². The summed E-state index contributed by atoms with van der Waals surface area (Å²) >= 11 is 5.96. The number of hydrogen-bond acceptors (Lipinski definition) is 6. The number of benzene rings is 3. The Balaban J connectivity index is 1.89. The van der Waals surface area contributed by atoms with E-state index in [2.05, 4.69) is 4.98 Å². The fraction of sp³-hybridized carbons (Fsp3) is 0.0870. The van der Waals surface area contributed by atoms with Crippen molar-refractivity contribution >= 4 is 31.3 Å². The molecule has 0 radical (unpaired) electrons. The van der Waals surface area contributed by atoms with Crippen LogP contribution in [0.3, 0.4) is 0 Å². The molecule has 10 heteroatoms. The predicted molar refractivity (Wildman–Crippen MR) is 121 cm³/mol. The first kappa shape index (κ1) is 23.2. The van der Waals surface area contributed by atoms with Gasteiger partial charge in [0.1, 0.15) is 5.82 Å². The smallest absolute Gasteiger partial charge is 0.258 e. The number of halogens is 2. The van der Waals surface area contributed by atoms with Crippen LogP contribution in [0, 0.1) is 12.7 Å². The normalized spacial score (nSPS) is 12.1. The number of rotatable bonds is 6. The lowest BCUT2D eigenvalue weighted by Crippen LogP contribution is -2.11. The summed E-state index contributed by atoms with van der Waals surface area (Å²) in [5.41, 5.74) is 1.69. The Bertz CT molecular complexity index is 1530. The summed E-state index contributed by atoms with van der Waals surface area (Å²) in [6.45, 7) is 1.87. The summed E-state index contributed by atoms with van der Waals surface area (Å²) in [6.07, 6.45) is 0. The van der Waals surface area contributed by atoms with Gasteiger partial charge in [-0.2, -0.15) is 4.98 Å². The number of aryl methyl sites for hydroxylation is 1. The van der Waals surface area contributed by atoms with E-state index in [4.69, 9.17) is 16.0 Å². The van der Waals surface area contributed by atoms with Crippen LogP contribution in [-0.4, -0.2) is 21.8 Å². The second-order valence-electron chi connectivity index (χ2n) is 7.32. The number of hydrogen-bond donors (Lipinski definition) is 0. The van der Waals surface area contributed by atoms with Crippen LogP contribution >= 0.6 is 11.6 Å². The van der Waals surface area contributed by atoms with Gasteiger partial charge in [0.05, 0.1) is 10.6 Å². The maximum atomic E-state index is 13.3. The van der Waals surface area contributed by atoms with Gasteiger partial charge < -0.3 is 4.42 Å². The van der Waals surface area contributed by atoms with E-state index in [1.54, 1.807) is 42.5 Å². The van der Waals surface area contributed by atoms with Crippen molar-refractivity contribution in [1.82, 2.24) is 4.98 Å². The molecule has 0 aliphatic heterocycles. The lowest BCUT2D eigenvalue weighted by atomic mass is 10.1. The van der Waals surface area contributed by atoms with Crippen LogP contribution in [0.15, 0.2) is 92.2 Å². The zero-order valence-electron chi connectivity index (χ0n) is 17.2. The first-order valence-electron chi connectivity index (χ1n) is 9.62. The monoisotopic (exact) mass is 505 g/mol. The molecule has 0 saturated heterocycles. The van der Waals surface area contributed by atoms with Gasteiger partial charge in [-0.1, -0.05) is 41.4 Å². The summed E-state index contributed by atoms with van der Waals surface area (Å²) < 4.78 is 72.0. The van der Waals surface area contributed by atoms with Crippen LogP contribution in [-0.2, 0) is 25.4 Å². The molecule has 0 aliphatic rings. The molecule has 4 rings (SSSR count). The van der Waals surface area contributed by atoms with Crippen LogP contribution in [0.4, 0.5) is 4.39 Å². The van der Waals surface area contributed by atoms with Crippen molar-refractivity contribution in [3.05, 3.63) is 94.8 Å². The van der Waals surface area contributed by atoms with Crippen LogP contribution in [0.25, 0.3) is 11.5 Å². The predicted octanol–water partition coefficient (Wildman–Crippen LogP) is 5.25. The average Bonchev–Trinajstić information content (AvgIpc) is 3.22. The third-order valence-corrected chi connectivity index (χ3v) is 8.37. The maximum absolute atomic E-state index is 13.3. The summed E-state index contributed by atoms with van der Waals surface area (Å²) in [5.74, 6) is -1.36. The average molecular weight is 506 g/mol. The molecule has 1 heterocycles. The first-order valence-corrected chi connectivity index (χ1v) is 13.1. The molecular weight excluding hydrogens is 489 g/mol. The van der Waals surface area contributed by atoms with Crippen LogP contribution in [0.2, 0.25) is 5.02 Å². The Morgan fingerprint density at radius 2 is 1.61 bits per heavy atom. The van der Waals surface area contributed by atoms with E-state index in [-0.39, 0.29) is 10.8 Å². The summed E-state index contributed by atoms with van der Waals surface area (Å²) in [5, 5.41) is -1.21. The zero-order chi connectivity index (χ0) is 23.8. The third kappa shape index (κ3) is 4.85. The highest BCUT2D eigenvalue weighted by Crippen LogP contribution is 2.33. The summed E-state index contributed by atoms with van der Waals surface area (Å²) in [6, 6.07) is 17.0. The van der Waals surface area contributed by atoms with E-state index < -0.39 is 41.4 Å². The third-order valence-electron chi connectivity index (χ3n) is 4.77. The molecule has 6 nitrogen and oxygen atoms in total. The van der Waals surface area contributed by atoms with E-state index >= 15 is 0 Å². The lowest BCUT2D eigenvalue weighted by Gasteiger charge is -2.06. The fourth-order valence-corrected chi connectivity index (χ4v) is 6.49. The van der Waals surface area contributed by atoms with Gasteiger partial charge in [0.2, 0.25) is 30.6 Å². The number of aromatic nitrogens is 1. The Hall–Kier alpha value is -3.01. The molecule has 0 atom stereocenters. The molecule has 4 aromatic rings. The molecule has 0 aliphatic carbocycles. The standard InChI is InChI=1S/C23H17ClFNO5S2/c1-15-5-7-17(8-6-15)21-26-22(33(29,30)20-11-9-19(25)10-12-20)23(31-21)32(27,28)14-16-3-2-4-18(24)13-16/h2-13H,14H2,1H3. The van der Waals surface area contributed by atoms with Crippen molar-refractivity contribution in [3.8, 4) is 11.5 Å². The van der Waals surface area contributed by atoms with Gasteiger partial charge in [0.25, 0.3) is 5.09 Å². The van der Waals surface area contributed by atoms with Crippen molar-refractivity contribution in [2.75, 3.05) is 0 Å². The molecule has 0 N–H and O–H groups in total. The molecule has 1 aromatic heterocycles. The SMILES string of the molecule is Cc1ccc(-c2nc(S(=O)(=O)c3ccc(F)cc3)c(S(=O)(=O)Cc3cccc(Cl)c3)o2)cc1. The van der Waals surface area contributed by atoms with Crippen LogP contribution < -0.4 is 0 Å². The Morgan fingerprint density at radius 1 is 0.939 bits per heavy atom. The minimum Gasteiger partial charge on any atom is -0.423 e. The van der Waals surface area contributed by atoms with E-state index in [0.717, 1.165) is 29.8 Å². The maximum Gasteiger partial charge on any atom is 0.258 e. The minimum absolute atomic E-state index is 0.166. The van der Waals surface area contributed by atoms with Gasteiger partial charge >= 0.3 is 0 Å². The highest BCUT2D eigenvalue weighted by Gasteiger charge is 2.35. The summed E-state index contributed by atoms with van der Waals surface area (Å²) in [4.78, 5) is 3.74. The zero-order valence-corrected chi connectivity index (χ0v) is 19.6. The molecule has 33 heavy (non-hydrogen) atoms. The molecule has 0 fully saturated rings. The van der Waals surface area contributed by atoms with E-state index in [0.29, 0.717) is 16.1 Å². The minimum atomic E-state index is -4.44. The highest BCUT2D eigenvalue weighted by molar-refractivity contribution is 7.94. The quantitative estimate of drug-likeness (QED) is 0.332. The van der Waals surface area contributed by atoms with Gasteiger partial charge in [0.15, 0.2) is 0 Å². The molecule has 0 amide bonds. The summed E-state index contributed by atoms with van der Waals surface area (Å²) in [7, 11) is -8.74. The molecule has 3 aromatic carbocycles. The molecule has 0 bridgehead atoms. The van der Waals surface area contributed by atoms with Crippen LogP contribution in [0.5, 0.6) is 0 Å². The largest absolute Gasteiger partial charge is 0.423 e. The Kier molecular flexibility index (Phi) is 6.13. The van der Waals surface area contributed by atoms with Gasteiger partial charge in [-0.3, -0.25) is 0 Å². The van der Waals surface area contributed by atoms with E-state index in [1.165, 1.54) is 6.07 Å². The van der Waals surface area contributed by atoms with Gasteiger partial charge in [0, 0.05) is 10.6 Å². The van der Waals surface area contributed by atoms with E-state index in [9.17, 15) is 21.2 Å². The van der Waals surface area contributed by atoms with Crippen molar-refractivity contribution in [1.29, 1.82) is 0 Å². The van der Waals surface area contributed by atoms with Crippen molar-refractivity contribution < 1.29 is 25.6 Å². The second kappa shape index (κ2) is 8.74. The van der Waals surface area contributed by atoms with Gasteiger partial charge in [-0.05, 0) is 61.0 Å². The van der Waals surface area contributed by atoms with Crippen LogP contribution in [0.1, 0.15) is 11.1 Å². The van der Waals surface area contributed by atoms with Crippen molar-refractivity contribution in [2.45, 2.75) is 27.7 Å². The highest BCUT2D eigenvalue weighted by atomic mass is 35.5. The lowest BCUT2D eigenvalue weighted by molar-refractivity contribution is 0.444. The topological polar surface area (TPSA) is 94.3 Å². The first-order chi connectivity index (χ1) is 15.6. The molecule has 0 spiro atoms. The molecule has 0 unspecified atom stereocenters. The number of oxazole rings is 1. The number of sulfone groups is 2. The van der Waals surface area contributed by atoms with E-state index in [1.807, 2.05) is 6.92 Å². The van der Waals surface area contributed by atoms with Gasteiger partial charge in [-0.15, -0.1) is 0 Å². The van der Waals surface area contributed by atoms with Crippen molar-refractivity contribution in [2.24, 2.45) is 0 Å². The Labute approximate surface area is 195 Å². The molecule has 170 valence electrons. The number of nitrogens with zero attached hydrogens (tertiary/aromatic N) is 1. The second-order valence-corrected chi connectivity index (χ2v) is 11.5. The molecule has 0 saturated carbocycles.